The number of benzene rings is 1. The van der Waals surface area contributed by atoms with Crippen LogP contribution in [0.3, 0.4) is 0 Å². The maximum atomic E-state index is 5.27. The van der Waals surface area contributed by atoms with Crippen LogP contribution in [0.5, 0.6) is 11.5 Å². The molecule has 0 amide bonds. The van der Waals surface area contributed by atoms with E-state index in [-0.39, 0.29) is 0 Å². The van der Waals surface area contributed by atoms with Gasteiger partial charge >= 0.3 is 0 Å². The Bertz CT molecular complexity index is 391. The first-order valence-corrected chi connectivity index (χ1v) is 5.17. The molecule has 0 atom stereocenters. The van der Waals surface area contributed by atoms with Crippen LogP contribution < -0.4 is 14.8 Å². The summed E-state index contributed by atoms with van der Waals surface area (Å²) in [4.78, 5) is 0. The van der Waals surface area contributed by atoms with Crippen molar-refractivity contribution in [3.05, 3.63) is 18.2 Å². The molecule has 0 aliphatic carbocycles. The minimum Gasteiger partial charge on any atom is -0.497 e. The minimum absolute atomic E-state index is 0.781. The monoisotopic (exact) mass is 219 g/mol. The zero-order valence-electron chi connectivity index (χ0n) is 9.96. The zero-order valence-corrected chi connectivity index (χ0v) is 9.96. The highest BCUT2D eigenvalue weighted by Crippen LogP contribution is 2.28. The van der Waals surface area contributed by atoms with Gasteiger partial charge in [-0.1, -0.05) is 0 Å². The summed E-state index contributed by atoms with van der Waals surface area (Å²) in [6.45, 7) is 2.65. The van der Waals surface area contributed by atoms with E-state index >= 15 is 0 Å². The van der Waals surface area contributed by atoms with Gasteiger partial charge in [-0.2, -0.15) is 0 Å². The first kappa shape index (κ1) is 12.3. The molecule has 0 heterocycles. The molecule has 3 nitrogen and oxygen atoms in total. The summed E-state index contributed by atoms with van der Waals surface area (Å²) >= 11 is 0. The second kappa shape index (κ2) is 6.62. The SMILES string of the molecule is CC#CCCNc1ccc(OC)cc1OC. The van der Waals surface area contributed by atoms with Gasteiger partial charge in [0.2, 0.25) is 0 Å². The van der Waals surface area contributed by atoms with Crippen molar-refractivity contribution in [3.63, 3.8) is 0 Å². The lowest BCUT2D eigenvalue weighted by molar-refractivity contribution is 0.395. The van der Waals surface area contributed by atoms with Crippen LogP contribution in [0, 0.1) is 11.8 Å². The lowest BCUT2D eigenvalue weighted by atomic mass is 10.2. The summed E-state index contributed by atoms with van der Waals surface area (Å²) in [5.74, 6) is 7.43. The Balaban J connectivity index is 2.66. The summed E-state index contributed by atoms with van der Waals surface area (Å²) < 4.78 is 10.4. The van der Waals surface area contributed by atoms with Crippen molar-refractivity contribution in [1.82, 2.24) is 0 Å². The third-order valence-electron chi connectivity index (χ3n) is 2.15. The summed E-state index contributed by atoms with van der Waals surface area (Å²) in [7, 11) is 3.28. The second-order valence-electron chi connectivity index (χ2n) is 3.17. The van der Waals surface area contributed by atoms with E-state index in [1.807, 2.05) is 25.1 Å². The second-order valence-corrected chi connectivity index (χ2v) is 3.17. The fourth-order valence-corrected chi connectivity index (χ4v) is 1.33. The topological polar surface area (TPSA) is 30.5 Å². The van der Waals surface area contributed by atoms with Gasteiger partial charge in [0, 0.05) is 19.0 Å². The lowest BCUT2D eigenvalue weighted by Gasteiger charge is -2.11. The Morgan fingerprint density at radius 1 is 1.25 bits per heavy atom. The van der Waals surface area contributed by atoms with Gasteiger partial charge in [0.25, 0.3) is 0 Å². The maximum absolute atomic E-state index is 5.27. The van der Waals surface area contributed by atoms with E-state index in [9.17, 15) is 0 Å². The van der Waals surface area contributed by atoms with Gasteiger partial charge in [0.15, 0.2) is 0 Å². The first-order chi connectivity index (χ1) is 7.81. The summed E-state index contributed by atoms with van der Waals surface area (Å²) in [5.41, 5.74) is 0.959. The van der Waals surface area contributed by atoms with E-state index in [2.05, 4.69) is 17.2 Å². The van der Waals surface area contributed by atoms with Gasteiger partial charge in [0.1, 0.15) is 11.5 Å². The zero-order chi connectivity index (χ0) is 11.8. The molecule has 3 heteroatoms. The van der Waals surface area contributed by atoms with Crippen molar-refractivity contribution in [2.75, 3.05) is 26.1 Å². The van der Waals surface area contributed by atoms with Crippen molar-refractivity contribution >= 4 is 5.69 Å². The standard InChI is InChI=1S/C13H17NO2/c1-4-5-6-9-14-12-8-7-11(15-2)10-13(12)16-3/h7-8,10,14H,6,9H2,1-3H3. The Morgan fingerprint density at radius 2 is 2.06 bits per heavy atom. The molecule has 1 aromatic carbocycles. The van der Waals surface area contributed by atoms with Crippen LogP contribution in [-0.4, -0.2) is 20.8 Å². The molecule has 0 unspecified atom stereocenters. The summed E-state index contributed by atoms with van der Waals surface area (Å²) in [6, 6.07) is 5.70. The van der Waals surface area contributed by atoms with Crippen LogP contribution in [0.1, 0.15) is 13.3 Å². The predicted octanol–water partition coefficient (Wildman–Crippen LogP) is 2.53. The molecule has 0 saturated heterocycles. The van der Waals surface area contributed by atoms with E-state index in [1.165, 1.54) is 0 Å². The van der Waals surface area contributed by atoms with Crippen molar-refractivity contribution in [2.24, 2.45) is 0 Å². The number of ether oxygens (including phenoxy) is 2. The van der Waals surface area contributed by atoms with Crippen molar-refractivity contribution in [1.29, 1.82) is 0 Å². The molecule has 1 N–H and O–H groups in total. The van der Waals surface area contributed by atoms with Crippen LogP contribution in [0.2, 0.25) is 0 Å². The largest absolute Gasteiger partial charge is 0.497 e. The number of nitrogens with one attached hydrogen (secondary N) is 1. The highest BCUT2D eigenvalue weighted by atomic mass is 16.5. The molecule has 0 saturated carbocycles. The number of rotatable bonds is 5. The van der Waals surface area contributed by atoms with E-state index in [1.54, 1.807) is 14.2 Å². The Labute approximate surface area is 96.8 Å². The molecule has 0 radical (unpaired) electrons. The molecular weight excluding hydrogens is 202 g/mol. The van der Waals surface area contributed by atoms with Crippen LogP contribution in [-0.2, 0) is 0 Å². The minimum atomic E-state index is 0.781. The fraction of sp³-hybridized carbons (Fsp3) is 0.385. The normalized spacial score (nSPS) is 8.94. The summed E-state index contributed by atoms with van der Waals surface area (Å²) in [5, 5.41) is 3.27. The molecular formula is C13H17NO2. The van der Waals surface area contributed by atoms with E-state index < -0.39 is 0 Å². The fourth-order valence-electron chi connectivity index (χ4n) is 1.33. The van der Waals surface area contributed by atoms with Crippen molar-refractivity contribution in [2.45, 2.75) is 13.3 Å². The van der Waals surface area contributed by atoms with Crippen LogP contribution in [0.25, 0.3) is 0 Å². The average molecular weight is 219 g/mol. The molecule has 0 aromatic heterocycles. The Morgan fingerprint density at radius 3 is 2.69 bits per heavy atom. The summed E-state index contributed by atoms with van der Waals surface area (Å²) in [6.07, 6.45) is 0.825. The molecule has 1 aromatic rings. The molecule has 0 aliphatic rings. The molecule has 0 fully saturated rings. The lowest BCUT2D eigenvalue weighted by Crippen LogP contribution is -2.02. The first-order valence-electron chi connectivity index (χ1n) is 5.17. The molecule has 0 aliphatic heterocycles. The van der Waals surface area contributed by atoms with Gasteiger partial charge in [-0.25, -0.2) is 0 Å². The van der Waals surface area contributed by atoms with Crippen LogP contribution >= 0.6 is 0 Å². The van der Waals surface area contributed by atoms with Crippen LogP contribution in [0.4, 0.5) is 5.69 Å². The number of hydrogen-bond acceptors (Lipinski definition) is 3. The number of hydrogen-bond donors (Lipinski definition) is 1. The molecule has 0 bridgehead atoms. The van der Waals surface area contributed by atoms with Gasteiger partial charge in [-0.05, 0) is 19.1 Å². The molecule has 0 spiro atoms. The van der Waals surface area contributed by atoms with Crippen LogP contribution in [0.15, 0.2) is 18.2 Å². The maximum Gasteiger partial charge on any atom is 0.145 e. The van der Waals surface area contributed by atoms with E-state index in [0.717, 1.165) is 30.2 Å². The van der Waals surface area contributed by atoms with Gasteiger partial charge in [-0.15, -0.1) is 11.8 Å². The molecule has 1 rings (SSSR count). The predicted molar refractivity (Wildman–Crippen MR) is 66.1 cm³/mol. The third kappa shape index (κ3) is 3.39. The molecule has 16 heavy (non-hydrogen) atoms. The average Bonchev–Trinajstić information content (AvgIpc) is 2.34. The number of anilines is 1. The van der Waals surface area contributed by atoms with Gasteiger partial charge in [-0.3, -0.25) is 0 Å². The Kier molecular flexibility index (Phi) is 5.07. The van der Waals surface area contributed by atoms with Gasteiger partial charge in [0.05, 0.1) is 19.9 Å². The Hall–Kier alpha value is -1.82. The van der Waals surface area contributed by atoms with Crippen molar-refractivity contribution in [3.8, 4) is 23.3 Å². The van der Waals surface area contributed by atoms with Gasteiger partial charge < -0.3 is 14.8 Å². The van der Waals surface area contributed by atoms with Crippen molar-refractivity contribution < 1.29 is 9.47 Å². The highest BCUT2D eigenvalue weighted by Gasteiger charge is 2.03. The molecule has 86 valence electrons. The quantitative estimate of drug-likeness (QED) is 0.609. The third-order valence-corrected chi connectivity index (χ3v) is 2.15. The van der Waals surface area contributed by atoms with E-state index in [0.29, 0.717) is 0 Å². The highest BCUT2D eigenvalue weighted by molar-refractivity contribution is 5.59. The smallest absolute Gasteiger partial charge is 0.145 e. The van der Waals surface area contributed by atoms with E-state index in [4.69, 9.17) is 9.47 Å². The number of methoxy groups -OCH3 is 2.